The van der Waals surface area contributed by atoms with Gasteiger partial charge in [-0.25, -0.2) is 0 Å². The second kappa shape index (κ2) is 16.5. The van der Waals surface area contributed by atoms with Crippen LogP contribution in [-0.2, 0) is 9.59 Å². The number of nitrogens with one attached hydrogen (secondary N) is 3. The Bertz CT molecular complexity index is 1940. The van der Waals surface area contributed by atoms with E-state index in [0.29, 0.717) is 28.4 Å². The van der Waals surface area contributed by atoms with E-state index in [1.165, 1.54) is 18.9 Å². The molecule has 10 heteroatoms. The third-order valence-electron chi connectivity index (χ3n) is 7.04. The average molecular weight is 723 g/mol. The number of hydrogen-bond acceptors (Lipinski definition) is 6. The Kier molecular flexibility index (Phi) is 11.7. The molecule has 0 aromatic heterocycles. The van der Waals surface area contributed by atoms with Crippen molar-refractivity contribution in [3.05, 3.63) is 154 Å². The van der Waals surface area contributed by atoms with Crippen molar-refractivity contribution < 1.29 is 23.9 Å². The van der Waals surface area contributed by atoms with Crippen LogP contribution in [0.1, 0.15) is 26.7 Å². The van der Waals surface area contributed by atoms with Gasteiger partial charge in [-0.2, -0.15) is 0 Å². The van der Waals surface area contributed by atoms with E-state index in [-0.39, 0.29) is 11.6 Å². The number of rotatable bonds is 12. The highest BCUT2D eigenvalue weighted by Crippen LogP contribution is 2.38. The smallest absolute Gasteiger partial charge is 0.272 e. The summed E-state index contributed by atoms with van der Waals surface area (Å²) in [6.07, 6.45) is 1.61. The zero-order valence-electron chi connectivity index (χ0n) is 26.1. The number of amides is 3. The van der Waals surface area contributed by atoms with Crippen molar-refractivity contribution in [3.63, 3.8) is 0 Å². The molecule has 5 rings (SSSR count). The first-order valence-corrected chi connectivity index (χ1v) is 16.5. The monoisotopic (exact) mass is 721 g/mol. The summed E-state index contributed by atoms with van der Waals surface area (Å²) in [4.78, 5) is 41.2. The molecule has 242 valence electrons. The SMILES string of the molecule is COc1ccc(NC(=O)C(Sc2cccc(NC(=O)/C(=C\c3cccc(Br)c3)NC(=O)c3ccccc3)c2)c2ccccc2)c(OC)c1. The van der Waals surface area contributed by atoms with Gasteiger partial charge < -0.3 is 25.4 Å². The van der Waals surface area contributed by atoms with Crippen LogP contribution < -0.4 is 25.4 Å². The van der Waals surface area contributed by atoms with Gasteiger partial charge in [0.1, 0.15) is 22.4 Å². The minimum atomic E-state index is -0.638. The standard InChI is InChI=1S/C38H32BrN3O5S/c1-46-30-19-20-32(34(24-30)47-2)41-38(45)35(26-12-5-3-6-13-26)48-31-18-10-17-29(23-31)40-37(44)33(22-25-11-9-16-28(39)21-25)42-36(43)27-14-7-4-8-15-27/h3-24,35H,1-2H3,(H,40,44)(H,41,45)(H,42,43)/b33-22+. The van der Waals surface area contributed by atoms with Gasteiger partial charge in [0.15, 0.2) is 0 Å². The molecule has 5 aromatic carbocycles. The van der Waals surface area contributed by atoms with Crippen molar-refractivity contribution in [2.75, 3.05) is 24.9 Å². The molecule has 3 amide bonds. The third kappa shape index (κ3) is 9.15. The molecule has 1 atom stereocenters. The van der Waals surface area contributed by atoms with Crippen molar-refractivity contribution >= 4 is 62.9 Å². The van der Waals surface area contributed by atoms with Gasteiger partial charge in [0.2, 0.25) is 5.91 Å². The summed E-state index contributed by atoms with van der Waals surface area (Å²) in [6.45, 7) is 0. The van der Waals surface area contributed by atoms with Crippen molar-refractivity contribution in [3.8, 4) is 11.5 Å². The molecule has 0 aliphatic heterocycles. The molecule has 0 heterocycles. The van der Waals surface area contributed by atoms with E-state index in [1.807, 2.05) is 66.7 Å². The van der Waals surface area contributed by atoms with E-state index in [2.05, 4.69) is 31.9 Å². The number of carbonyl (C=O) groups is 3. The topological polar surface area (TPSA) is 106 Å². The third-order valence-corrected chi connectivity index (χ3v) is 8.78. The van der Waals surface area contributed by atoms with Gasteiger partial charge in [0.05, 0.1) is 19.9 Å². The summed E-state index contributed by atoms with van der Waals surface area (Å²) in [5.41, 5.74) is 3.00. The number of halogens is 1. The zero-order valence-corrected chi connectivity index (χ0v) is 28.5. The molecule has 0 fully saturated rings. The Morgan fingerprint density at radius 1 is 0.750 bits per heavy atom. The van der Waals surface area contributed by atoms with Crippen LogP contribution in [0.2, 0.25) is 0 Å². The van der Waals surface area contributed by atoms with Crippen molar-refractivity contribution in [1.29, 1.82) is 0 Å². The second-order valence-corrected chi connectivity index (χ2v) is 12.5. The fourth-order valence-corrected chi connectivity index (χ4v) is 6.19. The first kappa shape index (κ1) is 34.0. The molecule has 1 unspecified atom stereocenters. The molecule has 0 spiro atoms. The lowest BCUT2D eigenvalue weighted by Crippen LogP contribution is -2.30. The summed E-state index contributed by atoms with van der Waals surface area (Å²) in [5, 5.41) is 8.02. The van der Waals surface area contributed by atoms with Gasteiger partial charge >= 0.3 is 0 Å². The van der Waals surface area contributed by atoms with Crippen molar-refractivity contribution in [2.24, 2.45) is 0 Å². The molecule has 0 saturated carbocycles. The molecule has 0 aliphatic rings. The van der Waals surface area contributed by atoms with Crippen LogP contribution in [-0.4, -0.2) is 31.9 Å². The van der Waals surface area contributed by atoms with E-state index < -0.39 is 17.1 Å². The van der Waals surface area contributed by atoms with E-state index in [4.69, 9.17) is 9.47 Å². The Hall–Kier alpha value is -5.32. The summed E-state index contributed by atoms with van der Waals surface area (Å²) < 4.78 is 11.6. The van der Waals surface area contributed by atoms with Gasteiger partial charge in [-0.05, 0) is 71.8 Å². The highest BCUT2D eigenvalue weighted by molar-refractivity contribution is 9.10. The van der Waals surface area contributed by atoms with Gasteiger partial charge in [-0.15, -0.1) is 11.8 Å². The lowest BCUT2D eigenvalue weighted by Gasteiger charge is -2.19. The van der Waals surface area contributed by atoms with Crippen LogP contribution in [0.5, 0.6) is 11.5 Å². The van der Waals surface area contributed by atoms with E-state index >= 15 is 0 Å². The zero-order chi connectivity index (χ0) is 33.9. The Morgan fingerprint density at radius 3 is 2.19 bits per heavy atom. The number of ether oxygens (including phenoxy) is 2. The quantitative estimate of drug-likeness (QED) is 0.0884. The fourth-order valence-electron chi connectivity index (χ4n) is 4.69. The molecule has 8 nitrogen and oxygen atoms in total. The predicted molar refractivity (Wildman–Crippen MR) is 194 cm³/mol. The highest BCUT2D eigenvalue weighted by atomic mass is 79.9. The maximum absolute atomic E-state index is 13.8. The predicted octanol–water partition coefficient (Wildman–Crippen LogP) is 8.35. The molecule has 5 aromatic rings. The summed E-state index contributed by atoms with van der Waals surface area (Å²) in [5.74, 6) is -0.110. The molecule has 0 radical (unpaired) electrons. The first-order valence-electron chi connectivity index (χ1n) is 14.8. The van der Waals surface area contributed by atoms with Gasteiger partial charge in [-0.1, -0.05) is 82.7 Å². The van der Waals surface area contributed by atoms with Crippen LogP contribution in [0.3, 0.4) is 0 Å². The Morgan fingerprint density at radius 2 is 1.48 bits per heavy atom. The second-order valence-electron chi connectivity index (χ2n) is 10.4. The van der Waals surface area contributed by atoms with E-state index in [9.17, 15) is 14.4 Å². The Labute approximate surface area is 291 Å². The lowest BCUT2D eigenvalue weighted by atomic mass is 10.1. The molecule has 0 bridgehead atoms. The van der Waals surface area contributed by atoms with Crippen molar-refractivity contribution in [1.82, 2.24) is 5.32 Å². The summed E-state index contributed by atoms with van der Waals surface area (Å²) in [7, 11) is 3.09. The molecule has 48 heavy (non-hydrogen) atoms. The van der Waals surface area contributed by atoms with E-state index in [0.717, 1.165) is 20.5 Å². The maximum Gasteiger partial charge on any atom is 0.272 e. The van der Waals surface area contributed by atoms with Crippen LogP contribution >= 0.6 is 27.7 Å². The first-order chi connectivity index (χ1) is 23.3. The average Bonchev–Trinajstić information content (AvgIpc) is 3.11. The van der Waals surface area contributed by atoms with Crippen LogP contribution in [0.25, 0.3) is 6.08 Å². The lowest BCUT2D eigenvalue weighted by molar-refractivity contribution is -0.116. The van der Waals surface area contributed by atoms with Crippen LogP contribution in [0.4, 0.5) is 11.4 Å². The van der Waals surface area contributed by atoms with Crippen molar-refractivity contribution in [2.45, 2.75) is 10.1 Å². The number of anilines is 2. The largest absolute Gasteiger partial charge is 0.497 e. The summed E-state index contributed by atoms with van der Waals surface area (Å²) in [6, 6.07) is 37.9. The molecular weight excluding hydrogens is 690 g/mol. The molecular formula is C38H32BrN3O5S. The minimum Gasteiger partial charge on any atom is -0.497 e. The Balaban J connectivity index is 1.38. The fraction of sp³-hybridized carbons (Fsp3) is 0.0789. The number of thioether (sulfide) groups is 1. The number of methoxy groups -OCH3 is 2. The van der Waals surface area contributed by atoms with Gasteiger partial charge in [0.25, 0.3) is 11.8 Å². The van der Waals surface area contributed by atoms with Crippen LogP contribution in [0.15, 0.2) is 142 Å². The van der Waals surface area contributed by atoms with E-state index in [1.54, 1.807) is 73.8 Å². The number of carbonyl (C=O) groups excluding carboxylic acids is 3. The maximum atomic E-state index is 13.8. The summed E-state index contributed by atoms with van der Waals surface area (Å²) >= 11 is 4.79. The highest BCUT2D eigenvalue weighted by Gasteiger charge is 2.24. The molecule has 3 N–H and O–H groups in total. The number of benzene rings is 5. The van der Waals surface area contributed by atoms with Crippen LogP contribution in [0, 0.1) is 0 Å². The number of hydrogen-bond donors (Lipinski definition) is 3. The van der Waals surface area contributed by atoms with Gasteiger partial charge in [-0.3, -0.25) is 14.4 Å². The molecule has 0 saturated heterocycles. The minimum absolute atomic E-state index is 0.0648. The van der Waals surface area contributed by atoms with Gasteiger partial charge in [0, 0.05) is 26.7 Å². The molecule has 0 aliphatic carbocycles. The normalized spacial score (nSPS) is 11.6.